The lowest BCUT2D eigenvalue weighted by atomic mass is 10.1. The van der Waals surface area contributed by atoms with E-state index in [0.717, 1.165) is 12.1 Å². The predicted molar refractivity (Wildman–Crippen MR) is 106 cm³/mol. The summed E-state index contributed by atoms with van der Waals surface area (Å²) in [6, 6.07) is 15.9. The third-order valence-electron chi connectivity index (χ3n) is 5.15. The molecular weight excluding hydrogens is 358 g/mol. The standard InChI is InChI=1S/C21H17N3O2S/c25-19-7-8-22-21-24(19)11-15(12-27-21)20(26)23-16-5-6-18-14(10-16)9-13-3-1-2-4-17(13)18/h1-8,10,15H,9,11-12H2,(H,23,26)/t15-/m0/s1. The fourth-order valence-electron chi connectivity index (χ4n) is 3.78. The molecule has 1 aliphatic heterocycles. The molecule has 1 amide bonds. The van der Waals surface area contributed by atoms with Crippen LogP contribution < -0.4 is 10.9 Å². The molecule has 0 radical (unpaired) electrons. The topological polar surface area (TPSA) is 64.0 Å². The zero-order valence-electron chi connectivity index (χ0n) is 14.5. The number of nitrogens with zero attached hydrogens (tertiary/aromatic N) is 2. The van der Waals surface area contributed by atoms with Crippen LogP contribution in [0.5, 0.6) is 0 Å². The lowest BCUT2D eigenvalue weighted by molar-refractivity contribution is -0.119. The van der Waals surface area contributed by atoms with E-state index in [1.54, 1.807) is 4.57 Å². The van der Waals surface area contributed by atoms with Crippen LogP contribution in [-0.2, 0) is 17.8 Å². The number of carbonyl (C=O) groups excluding carboxylic acids is 1. The molecule has 2 heterocycles. The van der Waals surface area contributed by atoms with Crippen molar-refractivity contribution in [3.63, 3.8) is 0 Å². The van der Waals surface area contributed by atoms with Gasteiger partial charge < -0.3 is 5.32 Å². The Labute approximate surface area is 160 Å². The normalized spacial score (nSPS) is 17.0. The first-order chi connectivity index (χ1) is 13.2. The Morgan fingerprint density at radius 2 is 1.96 bits per heavy atom. The van der Waals surface area contributed by atoms with Crippen molar-refractivity contribution >= 4 is 23.4 Å². The second-order valence-electron chi connectivity index (χ2n) is 6.88. The summed E-state index contributed by atoms with van der Waals surface area (Å²) in [7, 11) is 0. The Hall–Kier alpha value is -2.86. The molecule has 5 rings (SSSR count). The lowest BCUT2D eigenvalue weighted by Crippen LogP contribution is -2.36. The third-order valence-corrected chi connectivity index (χ3v) is 6.30. The Kier molecular flexibility index (Phi) is 3.86. The van der Waals surface area contributed by atoms with Gasteiger partial charge in [0.1, 0.15) is 0 Å². The molecule has 2 aromatic carbocycles. The van der Waals surface area contributed by atoms with Gasteiger partial charge in [0.05, 0.1) is 5.92 Å². The van der Waals surface area contributed by atoms with Crippen molar-refractivity contribution in [2.24, 2.45) is 5.92 Å². The fraction of sp³-hybridized carbons (Fsp3) is 0.190. The van der Waals surface area contributed by atoms with Crippen LogP contribution in [0.2, 0.25) is 0 Å². The van der Waals surface area contributed by atoms with Crippen LogP contribution in [0.3, 0.4) is 0 Å². The first kappa shape index (κ1) is 16.3. The van der Waals surface area contributed by atoms with E-state index in [1.807, 2.05) is 6.07 Å². The molecule has 0 unspecified atom stereocenters. The predicted octanol–water partition coefficient (Wildman–Crippen LogP) is 3.18. The maximum Gasteiger partial charge on any atom is 0.254 e. The highest BCUT2D eigenvalue weighted by atomic mass is 32.2. The van der Waals surface area contributed by atoms with Gasteiger partial charge in [-0.15, -0.1) is 0 Å². The van der Waals surface area contributed by atoms with Gasteiger partial charge in [-0.05, 0) is 40.8 Å². The molecule has 1 atom stereocenters. The van der Waals surface area contributed by atoms with E-state index in [0.29, 0.717) is 17.5 Å². The summed E-state index contributed by atoms with van der Waals surface area (Å²) in [4.78, 5) is 29.0. The zero-order chi connectivity index (χ0) is 18.4. The van der Waals surface area contributed by atoms with Crippen LogP contribution in [-0.4, -0.2) is 21.2 Å². The van der Waals surface area contributed by atoms with Crippen molar-refractivity contribution in [2.45, 2.75) is 18.1 Å². The largest absolute Gasteiger partial charge is 0.326 e. The summed E-state index contributed by atoms with van der Waals surface area (Å²) in [5.41, 5.74) is 5.77. The van der Waals surface area contributed by atoms with E-state index in [1.165, 1.54) is 46.3 Å². The molecule has 0 bridgehead atoms. The van der Waals surface area contributed by atoms with E-state index in [9.17, 15) is 9.59 Å². The van der Waals surface area contributed by atoms with Gasteiger partial charge in [0.25, 0.3) is 5.56 Å². The van der Waals surface area contributed by atoms with Crippen LogP contribution >= 0.6 is 11.8 Å². The molecule has 0 spiro atoms. The Morgan fingerprint density at radius 3 is 2.89 bits per heavy atom. The van der Waals surface area contributed by atoms with Crippen molar-refractivity contribution in [3.05, 3.63) is 76.2 Å². The quantitative estimate of drug-likeness (QED) is 0.547. The van der Waals surface area contributed by atoms with Gasteiger partial charge in [0.2, 0.25) is 5.91 Å². The number of hydrogen-bond donors (Lipinski definition) is 1. The molecule has 0 fully saturated rings. The van der Waals surface area contributed by atoms with Crippen molar-refractivity contribution in [1.82, 2.24) is 9.55 Å². The number of anilines is 1. The lowest BCUT2D eigenvalue weighted by Gasteiger charge is -2.23. The minimum absolute atomic E-state index is 0.0561. The monoisotopic (exact) mass is 375 g/mol. The number of thioether (sulfide) groups is 1. The molecule has 5 nitrogen and oxygen atoms in total. The molecule has 1 aromatic heterocycles. The van der Waals surface area contributed by atoms with Crippen LogP contribution in [0.4, 0.5) is 5.69 Å². The van der Waals surface area contributed by atoms with Gasteiger partial charge in [0.15, 0.2) is 5.16 Å². The van der Waals surface area contributed by atoms with Crippen molar-refractivity contribution in [2.75, 3.05) is 11.1 Å². The maximum atomic E-state index is 12.7. The zero-order valence-corrected chi connectivity index (χ0v) is 15.3. The highest BCUT2D eigenvalue weighted by Gasteiger charge is 2.27. The van der Waals surface area contributed by atoms with Gasteiger partial charge in [-0.25, -0.2) is 4.98 Å². The van der Waals surface area contributed by atoms with Crippen LogP contribution in [0.1, 0.15) is 11.1 Å². The van der Waals surface area contributed by atoms with E-state index in [-0.39, 0.29) is 17.4 Å². The van der Waals surface area contributed by atoms with Crippen LogP contribution in [0.15, 0.2) is 64.7 Å². The van der Waals surface area contributed by atoms with E-state index < -0.39 is 0 Å². The summed E-state index contributed by atoms with van der Waals surface area (Å²) in [6.45, 7) is 0.372. The number of carbonyl (C=O) groups is 1. The number of benzene rings is 2. The van der Waals surface area contributed by atoms with Gasteiger partial charge in [-0.1, -0.05) is 42.1 Å². The molecule has 1 N–H and O–H groups in total. The molecule has 2 aliphatic rings. The van der Waals surface area contributed by atoms with Gasteiger partial charge in [-0.3, -0.25) is 14.2 Å². The van der Waals surface area contributed by atoms with E-state index >= 15 is 0 Å². The highest BCUT2D eigenvalue weighted by molar-refractivity contribution is 7.99. The highest BCUT2D eigenvalue weighted by Crippen LogP contribution is 2.37. The Balaban J connectivity index is 1.35. The molecule has 27 heavy (non-hydrogen) atoms. The average molecular weight is 375 g/mol. The van der Waals surface area contributed by atoms with Crippen molar-refractivity contribution in [3.8, 4) is 11.1 Å². The number of nitrogens with one attached hydrogen (secondary N) is 1. The van der Waals surface area contributed by atoms with Gasteiger partial charge in [-0.2, -0.15) is 0 Å². The SMILES string of the molecule is O=C(Nc1ccc2c(c1)Cc1ccccc1-2)[C@@H]1CSc2nccc(=O)n2C1. The summed E-state index contributed by atoms with van der Waals surface area (Å²) in [5, 5.41) is 3.71. The number of hydrogen-bond acceptors (Lipinski definition) is 4. The molecule has 0 saturated heterocycles. The molecule has 134 valence electrons. The summed E-state index contributed by atoms with van der Waals surface area (Å²) < 4.78 is 1.58. The number of fused-ring (bicyclic) bond motifs is 4. The average Bonchev–Trinajstić information content (AvgIpc) is 3.06. The smallest absolute Gasteiger partial charge is 0.254 e. The Bertz CT molecular complexity index is 1120. The third kappa shape index (κ3) is 2.86. The second-order valence-corrected chi connectivity index (χ2v) is 7.87. The molecule has 0 saturated carbocycles. The number of aromatic nitrogens is 2. The molecule has 6 heteroatoms. The fourth-order valence-corrected chi connectivity index (χ4v) is 4.84. The van der Waals surface area contributed by atoms with Crippen LogP contribution in [0.25, 0.3) is 11.1 Å². The van der Waals surface area contributed by atoms with Crippen LogP contribution in [0, 0.1) is 5.92 Å². The van der Waals surface area contributed by atoms with Crippen molar-refractivity contribution in [1.29, 1.82) is 0 Å². The summed E-state index contributed by atoms with van der Waals surface area (Å²) >= 11 is 1.45. The second kappa shape index (κ2) is 6.39. The first-order valence-electron chi connectivity index (χ1n) is 8.90. The minimum atomic E-state index is -0.255. The molecule has 1 aliphatic carbocycles. The van der Waals surface area contributed by atoms with Gasteiger partial charge in [0, 0.05) is 30.2 Å². The first-order valence-corrected chi connectivity index (χ1v) is 9.88. The van der Waals surface area contributed by atoms with Gasteiger partial charge >= 0.3 is 0 Å². The Morgan fingerprint density at radius 1 is 1.11 bits per heavy atom. The van der Waals surface area contributed by atoms with E-state index in [4.69, 9.17) is 0 Å². The summed E-state index contributed by atoms with van der Waals surface area (Å²) in [5.74, 6) is 0.313. The molecular formula is C21H17N3O2S. The molecule has 3 aromatic rings. The summed E-state index contributed by atoms with van der Waals surface area (Å²) in [6.07, 6.45) is 2.41. The maximum absolute atomic E-state index is 12.7. The number of rotatable bonds is 2. The minimum Gasteiger partial charge on any atom is -0.326 e. The number of amides is 1. The van der Waals surface area contributed by atoms with E-state index in [2.05, 4.69) is 46.7 Å². The van der Waals surface area contributed by atoms with Crippen molar-refractivity contribution < 1.29 is 4.79 Å².